The van der Waals surface area contributed by atoms with Crippen LogP contribution in [0.15, 0.2) is 0 Å². The van der Waals surface area contributed by atoms with Gasteiger partial charge in [0.05, 0.1) is 18.7 Å². The molecule has 2 amide bonds. The number of aromatic nitrogens is 2. The summed E-state index contributed by atoms with van der Waals surface area (Å²) in [5.74, 6) is -1.16. The molecule has 1 aromatic heterocycles. The van der Waals surface area contributed by atoms with E-state index in [1.165, 1.54) is 18.9 Å². The third-order valence-corrected chi connectivity index (χ3v) is 4.45. The first-order chi connectivity index (χ1) is 13.4. The van der Waals surface area contributed by atoms with Crippen molar-refractivity contribution in [1.82, 2.24) is 20.2 Å². The number of hydrogen-bond acceptors (Lipinski definition) is 5. The second kappa shape index (κ2) is 8.60. The number of halogens is 3. The molecule has 2 rings (SSSR count). The number of nitrogens with one attached hydrogen (secondary N) is 2. The Morgan fingerprint density at radius 1 is 1.31 bits per heavy atom. The Hall–Kier alpha value is -2.30. The van der Waals surface area contributed by atoms with Crippen molar-refractivity contribution in [2.24, 2.45) is 0 Å². The highest BCUT2D eigenvalue weighted by atomic mass is 19.4. The van der Waals surface area contributed by atoms with Crippen LogP contribution in [0.2, 0.25) is 0 Å². The minimum atomic E-state index is -4.64. The lowest BCUT2D eigenvalue weighted by atomic mass is 10.0. The van der Waals surface area contributed by atoms with Crippen molar-refractivity contribution >= 4 is 12.0 Å². The zero-order chi connectivity index (χ0) is 22.0. The largest absolute Gasteiger partial charge is 0.444 e. The fourth-order valence-corrected chi connectivity index (χ4v) is 3.06. The van der Waals surface area contributed by atoms with Crippen molar-refractivity contribution < 1.29 is 32.2 Å². The fourth-order valence-electron chi connectivity index (χ4n) is 3.06. The number of alkyl halides is 3. The summed E-state index contributed by atoms with van der Waals surface area (Å²) >= 11 is 0. The van der Waals surface area contributed by atoms with Crippen LogP contribution in [0.5, 0.6) is 0 Å². The maximum absolute atomic E-state index is 13.0. The highest BCUT2D eigenvalue weighted by Crippen LogP contribution is 2.30. The van der Waals surface area contributed by atoms with Gasteiger partial charge in [0.15, 0.2) is 11.5 Å². The van der Waals surface area contributed by atoms with Gasteiger partial charge in [-0.2, -0.15) is 13.2 Å². The van der Waals surface area contributed by atoms with Gasteiger partial charge in [0.25, 0.3) is 5.91 Å². The Balaban J connectivity index is 2.06. The van der Waals surface area contributed by atoms with Gasteiger partial charge in [0.2, 0.25) is 0 Å². The smallest absolute Gasteiger partial charge is 0.435 e. The standard InChI is InChI=1S/C18H27F3N4O4/c1-6-10-13(18(19,20)21)24-14(22-10)15(26)23-11-7-8-25(9-12(11)28-5)16(27)29-17(2,3)4/h11-12H,6-9H2,1-5H3,(H,22,24)(H,23,26)/t11-,12+/m1/s1. The van der Waals surface area contributed by atoms with Gasteiger partial charge in [0.1, 0.15) is 5.60 Å². The van der Waals surface area contributed by atoms with Crippen LogP contribution in [0.1, 0.15) is 56.1 Å². The molecule has 1 aromatic rings. The molecule has 164 valence electrons. The maximum Gasteiger partial charge on any atom is 0.435 e. The van der Waals surface area contributed by atoms with E-state index in [1.807, 2.05) is 0 Å². The Bertz CT molecular complexity index is 742. The number of rotatable bonds is 4. The van der Waals surface area contributed by atoms with Crippen LogP contribution in [-0.2, 0) is 22.1 Å². The summed E-state index contributed by atoms with van der Waals surface area (Å²) in [5, 5.41) is 2.66. The molecule has 8 nitrogen and oxygen atoms in total. The molecule has 0 spiro atoms. The quantitative estimate of drug-likeness (QED) is 0.781. The molecule has 1 fully saturated rings. The first kappa shape index (κ1) is 23.0. The Kier molecular flexibility index (Phi) is 6.82. The molecule has 0 bridgehead atoms. The van der Waals surface area contributed by atoms with Gasteiger partial charge in [-0.1, -0.05) is 6.92 Å². The van der Waals surface area contributed by atoms with E-state index in [0.717, 1.165) is 0 Å². The van der Waals surface area contributed by atoms with Gasteiger partial charge >= 0.3 is 12.3 Å². The van der Waals surface area contributed by atoms with Crippen LogP contribution in [0.25, 0.3) is 0 Å². The average molecular weight is 420 g/mol. The van der Waals surface area contributed by atoms with E-state index in [1.54, 1.807) is 20.8 Å². The minimum absolute atomic E-state index is 0.0596. The summed E-state index contributed by atoms with van der Waals surface area (Å²) in [5.41, 5.74) is -1.88. The number of imidazole rings is 1. The summed E-state index contributed by atoms with van der Waals surface area (Å²) < 4.78 is 49.8. The fraction of sp³-hybridized carbons (Fsp3) is 0.722. The highest BCUT2D eigenvalue weighted by molar-refractivity contribution is 5.91. The Morgan fingerprint density at radius 3 is 2.45 bits per heavy atom. The summed E-state index contributed by atoms with van der Waals surface area (Å²) in [6.45, 7) is 7.31. The van der Waals surface area contributed by atoms with Crippen LogP contribution >= 0.6 is 0 Å². The van der Waals surface area contributed by atoms with Crippen molar-refractivity contribution in [1.29, 1.82) is 0 Å². The lowest BCUT2D eigenvalue weighted by Crippen LogP contribution is -2.56. The van der Waals surface area contributed by atoms with Crippen LogP contribution in [0, 0.1) is 0 Å². The number of carbonyl (C=O) groups is 2. The number of ether oxygens (including phenoxy) is 2. The van der Waals surface area contributed by atoms with Crippen LogP contribution < -0.4 is 5.32 Å². The van der Waals surface area contributed by atoms with Gasteiger partial charge in [0, 0.05) is 19.3 Å². The van der Waals surface area contributed by atoms with Crippen LogP contribution in [-0.4, -0.2) is 64.8 Å². The molecule has 0 radical (unpaired) electrons. The van der Waals surface area contributed by atoms with E-state index in [2.05, 4.69) is 15.3 Å². The lowest BCUT2D eigenvalue weighted by Gasteiger charge is -2.38. The predicted octanol–water partition coefficient (Wildman–Crippen LogP) is 2.75. The van der Waals surface area contributed by atoms with Crippen molar-refractivity contribution in [3.05, 3.63) is 17.2 Å². The molecule has 1 aliphatic heterocycles. The number of methoxy groups -OCH3 is 1. The number of nitrogens with zero attached hydrogens (tertiary/aromatic N) is 2. The van der Waals surface area contributed by atoms with E-state index in [4.69, 9.17) is 9.47 Å². The maximum atomic E-state index is 13.0. The second-order valence-electron chi connectivity index (χ2n) is 7.83. The molecule has 0 aromatic carbocycles. The number of carbonyl (C=O) groups excluding carboxylic acids is 2. The minimum Gasteiger partial charge on any atom is -0.444 e. The second-order valence-corrected chi connectivity index (χ2v) is 7.83. The van der Waals surface area contributed by atoms with Crippen molar-refractivity contribution in [3.63, 3.8) is 0 Å². The molecule has 2 atom stereocenters. The number of aromatic amines is 1. The molecule has 1 aliphatic rings. The Morgan fingerprint density at radius 2 is 1.97 bits per heavy atom. The van der Waals surface area contributed by atoms with E-state index in [-0.39, 0.29) is 18.7 Å². The molecule has 2 N–H and O–H groups in total. The van der Waals surface area contributed by atoms with Crippen molar-refractivity contribution in [3.8, 4) is 0 Å². The van der Waals surface area contributed by atoms with E-state index < -0.39 is 47.4 Å². The molecule has 0 aliphatic carbocycles. The Labute approximate surface area is 167 Å². The summed E-state index contributed by atoms with van der Waals surface area (Å²) in [6, 6.07) is -0.490. The molecular weight excluding hydrogens is 393 g/mol. The molecule has 1 saturated heterocycles. The molecule has 0 unspecified atom stereocenters. The first-order valence-electron chi connectivity index (χ1n) is 9.33. The average Bonchev–Trinajstić information content (AvgIpc) is 3.05. The molecule has 2 heterocycles. The number of likely N-dealkylation sites (tertiary alicyclic amines) is 1. The van der Waals surface area contributed by atoms with E-state index >= 15 is 0 Å². The SMILES string of the molecule is CCc1[nH]c(C(=O)N[C@@H]2CCN(C(=O)OC(C)(C)C)C[C@@H]2OC)nc1C(F)(F)F. The third kappa shape index (κ3) is 5.84. The van der Waals surface area contributed by atoms with Crippen molar-refractivity contribution in [2.45, 2.75) is 64.5 Å². The van der Waals surface area contributed by atoms with E-state index in [0.29, 0.717) is 13.0 Å². The first-order valence-corrected chi connectivity index (χ1v) is 9.33. The molecule has 0 saturated carbocycles. The number of hydrogen-bond donors (Lipinski definition) is 2. The van der Waals surface area contributed by atoms with Gasteiger partial charge in [-0.05, 0) is 33.6 Å². The zero-order valence-electron chi connectivity index (χ0n) is 17.1. The third-order valence-electron chi connectivity index (χ3n) is 4.45. The topological polar surface area (TPSA) is 96.6 Å². The molecule has 29 heavy (non-hydrogen) atoms. The predicted molar refractivity (Wildman–Crippen MR) is 97.4 cm³/mol. The monoisotopic (exact) mass is 420 g/mol. The number of aryl methyl sites for hydroxylation is 1. The summed E-state index contributed by atoms with van der Waals surface area (Å²) in [4.78, 5) is 32.0. The van der Waals surface area contributed by atoms with Crippen molar-refractivity contribution in [2.75, 3.05) is 20.2 Å². The van der Waals surface area contributed by atoms with Gasteiger partial charge < -0.3 is 24.7 Å². The molecule has 11 heteroatoms. The normalized spacial score (nSPS) is 20.5. The van der Waals surface area contributed by atoms with Gasteiger partial charge in [-0.3, -0.25) is 4.79 Å². The number of piperidine rings is 1. The lowest BCUT2D eigenvalue weighted by molar-refractivity contribution is -0.141. The zero-order valence-corrected chi connectivity index (χ0v) is 17.1. The number of amides is 2. The van der Waals surface area contributed by atoms with Gasteiger partial charge in [-0.25, -0.2) is 9.78 Å². The molecular formula is C18H27F3N4O4. The number of H-pyrrole nitrogens is 1. The van der Waals surface area contributed by atoms with Crippen LogP contribution in [0.4, 0.5) is 18.0 Å². The van der Waals surface area contributed by atoms with Gasteiger partial charge in [-0.15, -0.1) is 0 Å². The van der Waals surface area contributed by atoms with E-state index in [9.17, 15) is 22.8 Å². The summed E-state index contributed by atoms with van der Waals surface area (Å²) in [6.07, 6.45) is -5.25. The highest BCUT2D eigenvalue weighted by Gasteiger charge is 2.39. The van der Waals surface area contributed by atoms with Crippen LogP contribution in [0.3, 0.4) is 0 Å². The summed E-state index contributed by atoms with van der Waals surface area (Å²) in [7, 11) is 1.44.